The summed E-state index contributed by atoms with van der Waals surface area (Å²) in [5.41, 5.74) is 0.814. The molecule has 1 aromatic rings. The molecule has 1 aromatic carbocycles. The number of hydrogen-bond acceptors (Lipinski definition) is 6. The summed E-state index contributed by atoms with van der Waals surface area (Å²) < 4.78 is 17.9. The molecule has 0 bridgehead atoms. The summed E-state index contributed by atoms with van der Waals surface area (Å²) in [5, 5.41) is 12.2. The smallest absolute Gasteiger partial charge is 0.307 e. The number of rotatable bonds is 8. The van der Waals surface area contributed by atoms with Crippen LogP contribution in [-0.4, -0.2) is 79.1 Å². The van der Waals surface area contributed by atoms with Crippen molar-refractivity contribution in [2.45, 2.75) is 75.2 Å². The molecule has 2 heterocycles. The van der Waals surface area contributed by atoms with E-state index in [0.29, 0.717) is 19.1 Å². The molecule has 1 amide bonds. The Balaban J connectivity index is 1.31. The van der Waals surface area contributed by atoms with Crippen molar-refractivity contribution in [1.29, 1.82) is 0 Å². The van der Waals surface area contributed by atoms with E-state index >= 15 is 0 Å². The highest BCUT2D eigenvalue weighted by molar-refractivity contribution is 5.79. The van der Waals surface area contributed by atoms with Gasteiger partial charge in [-0.05, 0) is 63.6 Å². The first-order valence-corrected chi connectivity index (χ1v) is 12.0. The number of nitrogens with zero attached hydrogens (tertiary/aromatic N) is 1. The standard InChI is InChI=1S/C25H36N2O6/c1-17(13-24(29)30)33-21-6-4-3-5-20(21)18-7-9-19(10-8-18)32-14-22-25(11-12-27(22)2)16-31-15-23(28)26-25/h3-6,17-19,22H,7-16H2,1-2H3,(H,26,28)(H,29,30)/t17?,18-,19+,22?,25?. The number of hydrogen-bond donors (Lipinski definition) is 2. The zero-order chi connectivity index (χ0) is 23.4. The summed E-state index contributed by atoms with van der Waals surface area (Å²) in [7, 11) is 2.09. The fourth-order valence-corrected chi connectivity index (χ4v) is 5.59. The average molecular weight is 461 g/mol. The van der Waals surface area contributed by atoms with Gasteiger partial charge in [-0.25, -0.2) is 0 Å². The Kier molecular flexibility index (Phi) is 7.56. The van der Waals surface area contributed by atoms with Crippen molar-refractivity contribution in [2.75, 3.05) is 33.4 Å². The molecule has 2 aliphatic heterocycles. The molecule has 2 N–H and O–H groups in total. The number of nitrogens with one attached hydrogen (secondary N) is 1. The average Bonchev–Trinajstić information content (AvgIpc) is 3.06. The van der Waals surface area contributed by atoms with Crippen LogP contribution in [0.5, 0.6) is 5.75 Å². The molecular weight excluding hydrogens is 424 g/mol. The SMILES string of the molecule is CC(CC(=O)O)Oc1ccccc1[C@H]1CC[C@@H](OCC2N(C)CCC23COCC(=O)N3)CC1. The van der Waals surface area contributed by atoms with Crippen LogP contribution in [0.2, 0.25) is 0 Å². The van der Waals surface area contributed by atoms with Gasteiger partial charge in [-0.1, -0.05) is 18.2 Å². The second kappa shape index (κ2) is 10.4. The summed E-state index contributed by atoms with van der Waals surface area (Å²) in [6.07, 6.45) is 4.64. The van der Waals surface area contributed by atoms with Crippen molar-refractivity contribution < 1.29 is 28.9 Å². The molecule has 1 spiro atoms. The number of likely N-dealkylation sites (tertiary alicyclic amines) is 1. The fourth-order valence-electron chi connectivity index (χ4n) is 5.59. The third kappa shape index (κ3) is 5.67. The zero-order valence-electron chi connectivity index (χ0n) is 19.6. The van der Waals surface area contributed by atoms with E-state index in [4.69, 9.17) is 19.3 Å². The van der Waals surface area contributed by atoms with Crippen molar-refractivity contribution in [3.63, 3.8) is 0 Å². The van der Waals surface area contributed by atoms with E-state index in [1.807, 2.05) is 18.2 Å². The molecule has 0 radical (unpaired) electrons. The summed E-state index contributed by atoms with van der Waals surface area (Å²) >= 11 is 0. The maximum absolute atomic E-state index is 12.0. The van der Waals surface area contributed by atoms with Crippen LogP contribution in [0.4, 0.5) is 0 Å². The minimum atomic E-state index is -0.855. The lowest BCUT2D eigenvalue weighted by atomic mass is 9.82. The predicted molar refractivity (Wildman–Crippen MR) is 122 cm³/mol. The quantitative estimate of drug-likeness (QED) is 0.615. The minimum Gasteiger partial charge on any atom is -0.490 e. The number of morpholine rings is 1. The lowest BCUT2D eigenvalue weighted by Gasteiger charge is -2.41. The molecule has 182 valence electrons. The predicted octanol–water partition coefficient (Wildman–Crippen LogP) is 2.56. The highest BCUT2D eigenvalue weighted by atomic mass is 16.5. The number of aliphatic carboxylic acids is 1. The Labute approximate surface area is 195 Å². The summed E-state index contributed by atoms with van der Waals surface area (Å²) in [6, 6.07) is 8.10. The first-order valence-electron chi connectivity index (χ1n) is 12.0. The third-order valence-electron chi connectivity index (χ3n) is 7.37. The first-order chi connectivity index (χ1) is 15.9. The molecule has 3 aliphatic rings. The Morgan fingerprint density at radius 2 is 2.06 bits per heavy atom. The van der Waals surface area contributed by atoms with Gasteiger partial charge in [0.1, 0.15) is 18.5 Å². The van der Waals surface area contributed by atoms with Crippen molar-refractivity contribution in [3.8, 4) is 5.75 Å². The highest BCUT2D eigenvalue weighted by Crippen LogP contribution is 2.39. The van der Waals surface area contributed by atoms with Crippen LogP contribution in [0.25, 0.3) is 0 Å². The lowest BCUT2D eigenvalue weighted by molar-refractivity contribution is -0.139. The van der Waals surface area contributed by atoms with Crippen LogP contribution in [0.3, 0.4) is 0 Å². The third-order valence-corrected chi connectivity index (χ3v) is 7.37. The van der Waals surface area contributed by atoms with Gasteiger partial charge < -0.3 is 24.6 Å². The number of carbonyl (C=O) groups is 2. The topological polar surface area (TPSA) is 97.3 Å². The van der Waals surface area contributed by atoms with E-state index in [9.17, 15) is 9.59 Å². The maximum atomic E-state index is 12.0. The summed E-state index contributed by atoms with van der Waals surface area (Å²) in [4.78, 5) is 25.2. The van der Waals surface area contributed by atoms with E-state index in [0.717, 1.165) is 50.0 Å². The largest absolute Gasteiger partial charge is 0.490 e. The van der Waals surface area contributed by atoms with Crippen molar-refractivity contribution >= 4 is 11.9 Å². The number of benzene rings is 1. The second-order valence-corrected chi connectivity index (χ2v) is 9.81. The second-order valence-electron chi connectivity index (χ2n) is 9.81. The van der Waals surface area contributed by atoms with Crippen molar-refractivity contribution in [2.24, 2.45) is 0 Å². The molecule has 0 aromatic heterocycles. The molecule has 3 unspecified atom stereocenters. The molecule has 8 heteroatoms. The number of likely N-dealkylation sites (N-methyl/N-ethyl adjacent to an activating group) is 1. The number of amides is 1. The lowest BCUT2D eigenvalue weighted by Crippen LogP contribution is -2.64. The molecular formula is C25H36N2O6. The van der Waals surface area contributed by atoms with Gasteiger partial charge in [0.2, 0.25) is 5.91 Å². The van der Waals surface area contributed by atoms with Crippen LogP contribution >= 0.6 is 0 Å². The zero-order valence-corrected chi connectivity index (χ0v) is 19.6. The highest BCUT2D eigenvalue weighted by Gasteiger charge is 2.49. The number of ether oxygens (including phenoxy) is 3. The fraction of sp³-hybridized carbons (Fsp3) is 0.680. The van der Waals surface area contributed by atoms with Crippen LogP contribution in [0.1, 0.15) is 56.9 Å². The van der Waals surface area contributed by atoms with Crippen LogP contribution < -0.4 is 10.1 Å². The van der Waals surface area contributed by atoms with E-state index in [1.54, 1.807) is 6.92 Å². The van der Waals surface area contributed by atoms with E-state index in [-0.39, 0.29) is 42.7 Å². The Morgan fingerprint density at radius 3 is 2.79 bits per heavy atom. The van der Waals surface area contributed by atoms with E-state index in [1.165, 1.54) is 0 Å². The number of carboxylic acid groups (broad SMARTS) is 1. The van der Waals surface area contributed by atoms with E-state index < -0.39 is 5.97 Å². The first kappa shape index (κ1) is 24.0. The molecule has 2 saturated heterocycles. The van der Waals surface area contributed by atoms with Crippen molar-refractivity contribution in [1.82, 2.24) is 10.2 Å². The molecule has 1 aliphatic carbocycles. The van der Waals surface area contributed by atoms with Crippen molar-refractivity contribution in [3.05, 3.63) is 29.8 Å². The summed E-state index contributed by atoms with van der Waals surface area (Å²) in [6.45, 7) is 3.98. The molecule has 33 heavy (non-hydrogen) atoms. The van der Waals surface area contributed by atoms with Gasteiger partial charge in [-0.2, -0.15) is 0 Å². The number of carbonyl (C=O) groups excluding carboxylic acids is 1. The molecule has 1 saturated carbocycles. The van der Waals surface area contributed by atoms with Gasteiger partial charge in [-0.15, -0.1) is 0 Å². The molecule has 3 atom stereocenters. The van der Waals surface area contributed by atoms with Gasteiger partial charge in [0.25, 0.3) is 0 Å². The van der Waals surface area contributed by atoms with Crippen LogP contribution in [-0.2, 0) is 19.1 Å². The monoisotopic (exact) mass is 460 g/mol. The number of carboxylic acids is 1. The van der Waals surface area contributed by atoms with Crippen LogP contribution in [0, 0.1) is 0 Å². The van der Waals surface area contributed by atoms with Gasteiger partial charge in [0.05, 0.1) is 37.3 Å². The Hall–Kier alpha value is -2.16. The molecule has 4 rings (SSSR count). The normalized spacial score (nSPS) is 31.3. The van der Waals surface area contributed by atoms with Gasteiger partial charge in [-0.3, -0.25) is 14.5 Å². The Bertz CT molecular complexity index is 836. The maximum Gasteiger partial charge on any atom is 0.307 e. The molecule has 8 nitrogen and oxygen atoms in total. The van der Waals surface area contributed by atoms with E-state index in [2.05, 4.69) is 23.3 Å². The summed E-state index contributed by atoms with van der Waals surface area (Å²) in [5.74, 6) is 0.273. The minimum absolute atomic E-state index is 0.0164. The number of para-hydroxylation sites is 1. The van der Waals surface area contributed by atoms with Crippen LogP contribution in [0.15, 0.2) is 24.3 Å². The van der Waals surface area contributed by atoms with Gasteiger partial charge in [0, 0.05) is 6.54 Å². The Morgan fingerprint density at radius 1 is 1.30 bits per heavy atom. The molecule has 3 fully saturated rings. The van der Waals surface area contributed by atoms with Gasteiger partial charge >= 0.3 is 5.97 Å². The van der Waals surface area contributed by atoms with Gasteiger partial charge in [0.15, 0.2) is 0 Å².